The summed E-state index contributed by atoms with van der Waals surface area (Å²) in [6, 6.07) is 12.7. The Morgan fingerprint density at radius 1 is 1.12 bits per heavy atom. The SMILES string of the molecule is O=C(Nc1nnc(-c2cccc(F)c2)o1)C1COc2ccccc2O1. The van der Waals surface area contributed by atoms with Crippen molar-refractivity contribution >= 4 is 11.9 Å². The van der Waals surface area contributed by atoms with Gasteiger partial charge in [-0.3, -0.25) is 10.1 Å². The van der Waals surface area contributed by atoms with E-state index in [9.17, 15) is 9.18 Å². The highest BCUT2D eigenvalue weighted by Crippen LogP contribution is 2.31. The quantitative estimate of drug-likeness (QED) is 0.788. The van der Waals surface area contributed by atoms with Crippen molar-refractivity contribution in [1.82, 2.24) is 10.2 Å². The van der Waals surface area contributed by atoms with Crippen molar-refractivity contribution in [3.05, 3.63) is 54.3 Å². The minimum Gasteiger partial charge on any atom is -0.485 e. The standard InChI is InChI=1S/C17H12FN3O4/c18-11-5-3-4-10(8-11)16-20-21-17(25-16)19-15(22)14-9-23-12-6-1-2-7-13(12)24-14/h1-8,14H,9H2,(H,19,21,22). The summed E-state index contributed by atoms with van der Waals surface area (Å²) in [6.07, 6.45) is -0.848. The van der Waals surface area contributed by atoms with Crippen LogP contribution in [0.2, 0.25) is 0 Å². The Kier molecular flexibility index (Phi) is 3.77. The molecule has 3 aromatic rings. The van der Waals surface area contributed by atoms with Crippen LogP contribution in [0.4, 0.5) is 10.4 Å². The van der Waals surface area contributed by atoms with Gasteiger partial charge in [-0.25, -0.2) is 4.39 Å². The fraction of sp³-hybridized carbons (Fsp3) is 0.118. The average molecular weight is 341 g/mol. The van der Waals surface area contributed by atoms with Gasteiger partial charge < -0.3 is 13.9 Å². The average Bonchev–Trinajstić information content (AvgIpc) is 3.10. The van der Waals surface area contributed by atoms with Crippen LogP contribution in [0, 0.1) is 5.82 Å². The second-order valence-corrected chi connectivity index (χ2v) is 5.28. The molecule has 1 unspecified atom stereocenters. The first-order valence-corrected chi connectivity index (χ1v) is 7.48. The summed E-state index contributed by atoms with van der Waals surface area (Å²) in [4.78, 5) is 12.3. The Balaban J connectivity index is 1.45. The zero-order valence-corrected chi connectivity index (χ0v) is 12.8. The molecular weight excluding hydrogens is 329 g/mol. The molecule has 0 spiro atoms. The van der Waals surface area contributed by atoms with Gasteiger partial charge >= 0.3 is 6.01 Å². The number of nitrogens with zero attached hydrogens (tertiary/aromatic N) is 2. The summed E-state index contributed by atoms with van der Waals surface area (Å²) >= 11 is 0. The number of ether oxygens (including phenoxy) is 2. The van der Waals surface area contributed by atoms with Crippen molar-refractivity contribution < 1.29 is 23.1 Å². The number of fused-ring (bicyclic) bond motifs is 1. The van der Waals surface area contributed by atoms with Gasteiger partial charge in [0, 0.05) is 5.56 Å². The van der Waals surface area contributed by atoms with Gasteiger partial charge in [-0.15, -0.1) is 5.10 Å². The Labute approximate surface area is 141 Å². The molecule has 1 aromatic heterocycles. The molecule has 1 atom stereocenters. The van der Waals surface area contributed by atoms with Gasteiger partial charge in [-0.2, -0.15) is 0 Å². The maximum absolute atomic E-state index is 13.2. The summed E-state index contributed by atoms with van der Waals surface area (Å²) < 4.78 is 29.7. The van der Waals surface area contributed by atoms with Crippen molar-refractivity contribution in [3.8, 4) is 23.0 Å². The molecule has 1 aliphatic heterocycles. The summed E-state index contributed by atoms with van der Waals surface area (Å²) in [5.74, 6) is 0.259. The van der Waals surface area contributed by atoms with Gasteiger partial charge in [-0.1, -0.05) is 23.3 Å². The van der Waals surface area contributed by atoms with Crippen LogP contribution < -0.4 is 14.8 Å². The van der Waals surface area contributed by atoms with Gasteiger partial charge in [0.2, 0.25) is 12.0 Å². The lowest BCUT2D eigenvalue weighted by atomic mass is 10.2. The Morgan fingerprint density at radius 3 is 2.80 bits per heavy atom. The lowest BCUT2D eigenvalue weighted by Gasteiger charge is -2.24. The van der Waals surface area contributed by atoms with E-state index in [-0.39, 0.29) is 18.5 Å². The molecule has 2 aromatic carbocycles. The summed E-state index contributed by atoms with van der Waals surface area (Å²) in [5.41, 5.74) is 0.416. The van der Waals surface area contributed by atoms with E-state index in [0.29, 0.717) is 17.1 Å². The number of nitrogens with one attached hydrogen (secondary N) is 1. The molecule has 0 fully saturated rings. The largest absolute Gasteiger partial charge is 0.485 e. The van der Waals surface area contributed by atoms with Crippen LogP contribution in [-0.4, -0.2) is 28.8 Å². The highest BCUT2D eigenvalue weighted by Gasteiger charge is 2.28. The monoisotopic (exact) mass is 341 g/mol. The molecule has 0 saturated carbocycles. The number of carbonyl (C=O) groups is 1. The minimum atomic E-state index is -0.848. The zero-order valence-electron chi connectivity index (χ0n) is 12.8. The number of anilines is 1. The number of hydrogen-bond acceptors (Lipinski definition) is 6. The first kappa shape index (κ1) is 15.1. The molecule has 4 rings (SSSR count). The van der Waals surface area contributed by atoms with E-state index in [1.807, 2.05) is 6.07 Å². The lowest BCUT2D eigenvalue weighted by Crippen LogP contribution is -2.40. The molecule has 1 N–H and O–H groups in total. The fourth-order valence-corrected chi connectivity index (χ4v) is 2.35. The third kappa shape index (κ3) is 3.14. The van der Waals surface area contributed by atoms with Gasteiger partial charge in [-0.05, 0) is 30.3 Å². The van der Waals surface area contributed by atoms with Gasteiger partial charge in [0.25, 0.3) is 5.91 Å². The number of para-hydroxylation sites is 2. The topological polar surface area (TPSA) is 86.5 Å². The van der Waals surface area contributed by atoms with E-state index >= 15 is 0 Å². The van der Waals surface area contributed by atoms with Crippen molar-refractivity contribution in [1.29, 1.82) is 0 Å². The number of amides is 1. The van der Waals surface area contributed by atoms with Crippen LogP contribution in [0.3, 0.4) is 0 Å². The predicted octanol–water partition coefficient (Wildman–Crippen LogP) is 2.65. The fourth-order valence-electron chi connectivity index (χ4n) is 2.35. The van der Waals surface area contributed by atoms with Crippen molar-refractivity contribution in [2.24, 2.45) is 0 Å². The van der Waals surface area contributed by atoms with Crippen LogP contribution in [0.25, 0.3) is 11.5 Å². The zero-order chi connectivity index (χ0) is 17.2. The van der Waals surface area contributed by atoms with Gasteiger partial charge in [0.15, 0.2) is 11.5 Å². The van der Waals surface area contributed by atoms with Crippen molar-refractivity contribution in [2.75, 3.05) is 11.9 Å². The normalized spacial score (nSPS) is 15.6. The summed E-state index contributed by atoms with van der Waals surface area (Å²) in [7, 11) is 0. The van der Waals surface area contributed by atoms with Gasteiger partial charge in [0.1, 0.15) is 12.4 Å². The molecule has 8 heteroatoms. The molecule has 0 radical (unpaired) electrons. The van der Waals surface area contributed by atoms with E-state index in [0.717, 1.165) is 0 Å². The van der Waals surface area contributed by atoms with E-state index in [4.69, 9.17) is 13.9 Å². The molecule has 1 aliphatic rings. The van der Waals surface area contributed by atoms with Crippen molar-refractivity contribution in [3.63, 3.8) is 0 Å². The third-order valence-corrected chi connectivity index (χ3v) is 3.53. The smallest absolute Gasteiger partial charge is 0.322 e. The molecule has 1 amide bonds. The third-order valence-electron chi connectivity index (χ3n) is 3.53. The highest BCUT2D eigenvalue weighted by atomic mass is 19.1. The van der Waals surface area contributed by atoms with Crippen LogP contribution in [-0.2, 0) is 4.79 Å². The van der Waals surface area contributed by atoms with Gasteiger partial charge in [0.05, 0.1) is 0 Å². The second kappa shape index (κ2) is 6.23. The molecule has 2 heterocycles. The number of carbonyl (C=O) groups excluding carboxylic acids is 1. The number of aromatic nitrogens is 2. The molecular formula is C17H12FN3O4. The lowest BCUT2D eigenvalue weighted by molar-refractivity contribution is -0.125. The predicted molar refractivity (Wildman–Crippen MR) is 84.7 cm³/mol. The molecule has 126 valence electrons. The molecule has 7 nitrogen and oxygen atoms in total. The molecule has 25 heavy (non-hydrogen) atoms. The second-order valence-electron chi connectivity index (χ2n) is 5.28. The van der Waals surface area contributed by atoms with Crippen LogP contribution in [0.1, 0.15) is 0 Å². The summed E-state index contributed by atoms with van der Waals surface area (Å²) in [5, 5.41) is 9.99. The Hall–Kier alpha value is -3.42. The number of rotatable bonds is 3. The van der Waals surface area contributed by atoms with E-state index in [1.165, 1.54) is 18.2 Å². The number of benzene rings is 2. The maximum atomic E-state index is 13.2. The maximum Gasteiger partial charge on any atom is 0.322 e. The number of hydrogen-bond donors (Lipinski definition) is 1. The highest BCUT2D eigenvalue weighted by molar-refractivity contribution is 5.93. The van der Waals surface area contributed by atoms with Crippen LogP contribution in [0.5, 0.6) is 11.5 Å². The van der Waals surface area contributed by atoms with Crippen molar-refractivity contribution in [2.45, 2.75) is 6.10 Å². The number of halogens is 1. The Bertz CT molecular complexity index is 928. The molecule has 0 aliphatic carbocycles. The van der Waals surface area contributed by atoms with E-state index in [1.54, 1.807) is 24.3 Å². The summed E-state index contributed by atoms with van der Waals surface area (Å²) in [6.45, 7) is 0.0632. The van der Waals surface area contributed by atoms with Crippen LogP contribution >= 0.6 is 0 Å². The molecule has 0 bridgehead atoms. The van der Waals surface area contributed by atoms with E-state index in [2.05, 4.69) is 15.5 Å². The molecule has 0 saturated heterocycles. The Morgan fingerprint density at radius 2 is 1.96 bits per heavy atom. The minimum absolute atomic E-state index is 0.0632. The first-order valence-electron chi connectivity index (χ1n) is 7.48. The van der Waals surface area contributed by atoms with E-state index < -0.39 is 17.8 Å². The first-order chi connectivity index (χ1) is 12.2. The van der Waals surface area contributed by atoms with Crippen LogP contribution in [0.15, 0.2) is 52.9 Å².